The van der Waals surface area contributed by atoms with E-state index in [0.29, 0.717) is 12.6 Å². The zero-order valence-electron chi connectivity index (χ0n) is 8.58. The molecule has 0 aromatic rings. The maximum Gasteiger partial charge on any atom is 0.0443 e. The third kappa shape index (κ3) is 2.93. The lowest BCUT2D eigenvalue weighted by atomic mass is 9.91. The molecule has 0 aromatic heterocycles. The highest BCUT2D eigenvalue weighted by molar-refractivity contribution is 4.82. The van der Waals surface area contributed by atoms with E-state index in [4.69, 9.17) is 10.8 Å². The third-order valence-corrected chi connectivity index (χ3v) is 3.08. The molecule has 0 amide bonds. The maximum atomic E-state index is 8.76. The Balaban J connectivity index is 2.39. The van der Waals surface area contributed by atoms with Crippen LogP contribution in [-0.2, 0) is 0 Å². The number of aliphatic hydroxyl groups excluding tert-OH is 1. The van der Waals surface area contributed by atoms with Crippen LogP contribution in [0.2, 0.25) is 0 Å². The molecule has 1 heterocycles. The molecule has 0 saturated carbocycles. The fourth-order valence-electron chi connectivity index (χ4n) is 2.27. The van der Waals surface area contributed by atoms with Gasteiger partial charge < -0.3 is 10.8 Å². The van der Waals surface area contributed by atoms with Gasteiger partial charge in [0, 0.05) is 25.7 Å². The highest BCUT2D eigenvalue weighted by Gasteiger charge is 2.26. The summed E-state index contributed by atoms with van der Waals surface area (Å²) in [7, 11) is 0. The van der Waals surface area contributed by atoms with E-state index < -0.39 is 0 Å². The van der Waals surface area contributed by atoms with Crippen molar-refractivity contribution in [1.29, 1.82) is 0 Å². The lowest BCUT2D eigenvalue weighted by Crippen LogP contribution is -2.48. The van der Waals surface area contributed by atoms with Crippen LogP contribution in [0.4, 0.5) is 0 Å². The molecule has 0 aliphatic carbocycles. The summed E-state index contributed by atoms with van der Waals surface area (Å²) in [6.45, 7) is 5.49. The van der Waals surface area contributed by atoms with Crippen molar-refractivity contribution in [1.82, 2.24) is 4.90 Å². The van der Waals surface area contributed by atoms with E-state index in [0.717, 1.165) is 32.0 Å². The molecule has 78 valence electrons. The minimum atomic E-state index is 0.294. The lowest BCUT2D eigenvalue weighted by molar-refractivity contribution is 0.0979. The predicted octanol–water partition coefficient (Wildman–Crippen LogP) is 0.428. The van der Waals surface area contributed by atoms with Gasteiger partial charge in [-0.2, -0.15) is 0 Å². The molecule has 2 atom stereocenters. The maximum absolute atomic E-state index is 8.76. The van der Waals surface area contributed by atoms with Crippen LogP contribution < -0.4 is 5.73 Å². The normalized spacial score (nSPS) is 30.7. The van der Waals surface area contributed by atoms with Gasteiger partial charge in [0.2, 0.25) is 0 Å². The third-order valence-electron chi connectivity index (χ3n) is 3.08. The number of nitrogens with zero attached hydrogens (tertiary/aromatic N) is 1. The van der Waals surface area contributed by atoms with Crippen LogP contribution in [0.1, 0.15) is 26.2 Å². The Morgan fingerprint density at radius 1 is 1.54 bits per heavy atom. The molecule has 1 saturated heterocycles. The molecule has 2 unspecified atom stereocenters. The topological polar surface area (TPSA) is 49.5 Å². The summed E-state index contributed by atoms with van der Waals surface area (Å²) < 4.78 is 0. The standard InChI is InChI=1S/C10H22N2O/c1-9-4-2-5-12(6-3-7-13)10(9)8-11/h9-10,13H,2-8,11H2,1H3. The average Bonchev–Trinajstić information content (AvgIpc) is 2.15. The van der Waals surface area contributed by atoms with E-state index >= 15 is 0 Å². The molecule has 1 fully saturated rings. The number of rotatable bonds is 4. The van der Waals surface area contributed by atoms with Gasteiger partial charge in [-0.1, -0.05) is 6.92 Å². The molecule has 0 spiro atoms. The van der Waals surface area contributed by atoms with Gasteiger partial charge in [-0.25, -0.2) is 0 Å². The number of likely N-dealkylation sites (tertiary alicyclic amines) is 1. The largest absolute Gasteiger partial charge is 0.396 e. The Morgan fingerprint density at radius 2 is 2.31 bits per heavy atom. The van der Waals surface area contributed by atoms with E-state index in [1.807, 2.05) is 0 Å². The Kier molecular flexibility index (Phi) is 4.70. The summed E-state index contributed by atoms with van der Waals surface area (Å²) in [5, 5.41) is 8.76. The molecule has 1 aliphatic rings. The van der Waals surface area contributed by atoms with Crippen LogP contribution in [0.15, 0.2) is 0 Å². The summed E-state index contributed by atoms with van der Waals surface area (Å²) >= 11 is 0. The highest BCUT2D eigenvalue weighted by Crippen LogP contribution is 2.22. The molecule has 0 radical (unpaired) electrons. The van der Waals surface area contributed by atoms with Crippen molar-refractivity contribution in [2.75, 3.05) is 26.2 Å². The minimum absolute atomic E-state index is 0.294. The second kappa shape index (κ2) is 5.58. The molecular weight excluding hydrogens is 164 g/mol. The van der Waals surface area contributed by atoms with Crippen molar-refractivity contribution in [3.8, 4) is 0 Å². The van der Waals surface area contributed by atoms with Gasteiger partial charge in [0.25, 0.3) is 0 Å². The van der Waals surface area contributed by atoms with Gasteiger partial charge in [0.05, 0.1) is 0 Å². The van der Waals surface area contributed by atoms with E-state index in [9.17, 15) is 0 Å². The summed E-state index contributed by atoms with van der Waals surface area (Å²) in [5.41, 5.74) is 5.75. The first kappa shape index (κ1) is 11.0. The molecule has 3 heteroatoms. The van der Waals surface area contributed by atoms with Crippen LogP contribution in [0.3, 0.4) is 0 Å². The number of hydrogen-bond acceptors (Lipinski definition) is 3. The number of nitrogens with two attached hydrogens (primary N) is 1. The molecule has 1 rings (SSSR count). The van der Waals surface area contributed by atoms with Crippen molar-refractivity contribution in [2.24, 2.45) is 11.7 Å². The van der Waals surface area contributed by atoms with Gasteiger partial charge >= 0.3 is 0 Å². The first-order chi connectivity index (χ1) is 6.29. The quantitative estimate of drug-likeness (QED) is 0.669. The van der Waals surface area contributed by atoms with Gasteiger partial charge in [-0.3, -0.25) is 4.90 Å². The van der Waals surface area contributed by atoms with Crippen molar-refractivity contribution in [3.05, 3.63) is 0 Å². The van der Waals surface area contributed by atoms with Crippen molar-refractivity contribution >= 4 is 0 Å². The summed E-state index contributed by atoms with van der Waals surface area (Å²) in [6.07, 6.45) is 3.46. The van der Waals surface area contributed by atoms with Crippen molar-refractivity contribution in [2.45, 2.75) is 32.2 Å². The van der Waals surface area contributed by atoms with E-state index in [2.05, 4.69) is 11.8 Å². The fourth-order valence-corrected chi connectivity index (χ4v) is 2.27. The van der Waals surface area contributed by atoms with Crippen molar-refractivity contribution < 1.29 is 5.11 Å². The fraction of sp³-hybridized carbons (Fsp3) is 1.00. The van der Waals surface area contributed by atoms with E-state index in [1.165, 1.54) is 12.8 Å². The van der Waals surface area contributed by atoms with Crippen LogP contribution >= 0.6 is 0 Å². The molecule has 3 nitrogen and oxygen atoms in total. The highest BCUT2D eigenvalue weighted by atomic mass is 16.3. The molecule has 13 heavy (non-hydrogen) atoms. The smallest absolute Gasteiger partial charge is 0.0443 e. The van der Waals surface area contributed by atoms with Crippen LogP contribution in [0.5, 0.6) is 0 Å². The summed E-state index contributed by atoms with van der Waals surface area (Å²) in [5.74, 6) is 0.720. The summed E-state index contributed by atoms with van der Waals surface area (Å²) in [6, 6.07) is 0.542. The summed E-state index contributed by atoms with van der Waals surface area (Å²) in [4.78, 5) is 2.43. The second-order valence-corrected chi connectivity index (χ2v) is 4.04. The Bertz CT molecular complexity index is 141. The first-order valence-electron chi connectivity index (χ1n) is 5.34. The Labute approximate surface area is 80.9 Å². The zero-order chi connectivity index (χ0) is 9.68. The van der Waals surface area contributed by atoms with Gasteiger partial charge in [0.1, 0.15) is 0 Å². The molecule has 0 bridgehead atoms. The average molecular weight is 186 g/mol. The number of hydrogen-bond donors (Lipinski definition) is 2. The monoisotopic (exact) mass is 186 g/mol. The molecule has 1 aliphatic heterocycles. The molecular formula is C10H22N2O. The lowest BCUT2D eigenvalue weighted by Gasteiger charge is -2.39. The van der Waals surface area contributed by atoms with Gasteiger partial charge in [-0.05, 0) is 31.7 Å². The van der Waals surface area contributed by atoms with Crippen LogP contribution in [-0.4, -0.2) is 42.3 Å². The van der Waals surface area contributed by atoms with E-state index in [-0.39, 0.29) is 0 Å². The zero-order valence-corrected chi connectivity index (χ0v) is 8.58. The van der Waals surface area contributed by atoms with Crippen LogP contribution in [0.25, 0.3) is 0 Å². The second-order valence-electron chi connectivity index (χ2n) is 4.04. The SMILES string of the molecule is CC1CCCN(CCCO)C1CN. The Morgan fingerprint density at radius 3 is 2.92 bits per heavy atom. The number of piperidine rings is 1. The van der Waals surface area contributed by atoms with Gasteiger partial charge in [-0.15, -0.1) is 0 Å². The van der Waals surface area contributed by atoms with Gasteiger partial charge in [0.15, 0.2) is 0 Å². The van der Waals surface area contributed by atoms with Crippen LogP contribution in [0, 0.1) is 5.92 Å². The number of aliphatic hydroxyl groups is 1. The van der Waals surface area contributed by atoms with E-state index in [1.54, 1.807) is 0 Å². The minimum Gasteiger partial charge on any atom is -0.396 e. The predicted molar refractivity (Wildman–Crippen MR) is 54.5 cm³/mol. The van der Waals surface area contributed by atoms with Crippen molar-refractivity contribution in [3.63, 3.8) is 0 Å². The molecule has 3 N–H and O–H groups in total. The molecule has 0 aromatic carbocycles. The first-order valence-corrected chi connectivity index (χ1v) is 5.34. The Hall–Kier alpha value is -0.120.